The number of anilines is 1. The molecule has 1 amide bonds. The maximum absolute atomic E-state index is 11.7. The summed E-state index contributed by atoms with van der Waals surface area (Å²) in [6.07, 6.45) is 0. The SMILES string of the molecule is CC(N)c1ccc2c(c1)C(C)C(=O)N2C. The Balaban J connectivity index is 2.51. The van der Waals surface area contributed by atoms with Gasteiger partial charge in [-0.3, -0.25) is 4.79 Å². The minimum absolute atomic E-state index is 0.0171. The minimum atomic E-state index is -0.0382. The Morgan fingerprint density at radius 2 is 2.13 bits per heavy atom. The van der Waals surface area contributed by atoms with Crippen LogP contribution in [0.3, 0.4) is 0 Å². The summed E-state index contributed by atoms with van der Waals surface area (Å²) >= 11 is 0. The first-order valence-electron chi connectivity index (χ1n) is 5.19. The van der Waals surface area contributed by atoms with Gasteiger partial charge in [0, 0.05) is 18.8 Å². The number of hydrogen-bond donors (Lipinski definition) is 1. The number of fused-ring (bicyclic) bond motifs is 1. The highest BCUT2D eigenvalue weighted by atomic mass is 16.2. The number of nitrogens with two attached hydrogens (primary N) is 1. The van der Waals surface area contributed by atoms with Crippen LogP contribution in [-0.2, 0) is 4.79 Å². The highest BCUT2D eigenvalue weighted by Gasteiger charge is 2.31. The largest absolute Gasteiger partial charge is 0.324 e. The summed E-state index contributed by atoms with van der Waals surface area (Å²) in [6.45, 7) is 3.89. The first-order valence-corrected chi connectivity index (χ1v) is 5.19. The summed E-state index contributed by atoms with van der Waals surface area (Å²) in [7, 11) is 1.82. The summed E-state index contributed by atoms with van der Waals surface area (Å²) in [4.78, 5) is 13.5. The van der Waals surface area contributed by atoms with E-state index >= 15 is 0 Å². The molecule has 0 aliphatic carbocycles. The average molecular weight is 204 g/mol. The quantitative estimate of drug-likeness (QED) is 0.758. The van der Waals surface area contributed by atoms with Gasteiger partial charge in [-0.15, -0.1) is 0 Å². The van der Waals surface area contributed by atoms with E-state index in [1.54, 1.807) is 4.90 Å². The first kappa shape index (κ1) is 10.2. The van der Waals surface area contributed by atoms with Crippen LogP contribution in [0.15, 0.2) is 18.2 Å². The third-order valence-corrected chi connectivity index (χ3v) is 3.11. The lowest BCUT2D eigenvalue weighted by Gasteiger charge is -2.11. The Labute approximate surface area is 89.9 Å². The summed E-state index contributed by atoms with van der Waals surface area (Å²) in [5.74, 6) is 0.121. The molecule has 0 spiro atoms. The topological polar surface area (TPSA) is 46.3 Å². The van der Waals surface area contributed by atoms with Crippen molar-refractivity contribution in [2.75, 3.05) is 11.9 Å². The van der Waals surface area contributed by atoms with Gasteiger partial charge in [0.2, 0.25) is 5.91 Å². The molecule has 15 heavy (non-hydrogen) atoms. The second-order valence-corrected chi connectivity index (χ2v) is 4.23. The Kier molecular flexibility index (Phi) is 2.27. The van der Waals surface area contributed by atoms with Crippen molar-refractivity contribution in [2.45, 2.75) is 25.8 Å². The van der Waals surface area contributed by atoms with Gasteiger partial charge in [0.25, 0.3) is 0 Å². The van der Waals surface area contributed by atoms with Crippen molar-refractivity contribution in [3.63, 3.8) is 0 Å². The van der Waals surface area contributed by atoms with Crippen LogP contribution in [0, 0.1) is 0 Å². The van der Waals surface area contributed by atoms with E-state index in [0.29, 0.717) is 0 Å². The number of rotatable bonds is 1. The van der Waals surface area contributed by atoms with Crippen LogP contribution in [0.25, 0.3) is 0 Å². The van der Waals surface area contributed by atoms with Gasteiger partial charge >= 0.3 is 0 Å². The van der Waals surface area contributed by atoms with Crippen molar-refractivity contribution in [1.82, 2.24) is 0 Å². The molecule has 1 heterocycles. The molecule has 2 rings (SSSR count). The van der Waals surface area contributed by atoms with E-state index in [1.165, 1.54) is 0 Å². The molecule has 0 saturated carbocycles. The molecule has 3 heteroatoms. The third-order valence-electron chi connectivity index (χ3n) is 3.11. The van der Waals surface area contributed by atoms with Gasteiger partial charge in [-0.2, -0.15) is 0 Å². The van der Waals surface area contributed by atoms with Crippen LogP contribution in [0.1, 0.15) is 36.9 Å². The number of likely N-dealkylation sites (N-methyl/N-ethyl adjacent to an activating group) is 1. The van der Waals surface area contributed by atoms with Crippen LogP contribution in [-0.4, -0.2) is 13.0 Å². The number of amides is 1. The van der Waals surface area contributed by atoms with Crippen LogP contribution < -0.4 is 10.6 Å². The second-order valence-electron chi connectivity index (χ2n) is 4.23. The third kappa shape index (κ3) is 1.43. The molecule has 0 bridgehead atoms. The van der Waals surface area contributed by atoms with Gasteiger partial charge in [-0.1, -0.05) is 12.1 Å². The van der Waals surface area contributed by atoms with Gasteiger partial charge in [0.1, 0.15) is 0 Å². The van der Waals surface area contributed by atoms with Crippen LogP contribution in [0.2, 0.25) is 0 Å². The summed E-state index contributed by atoms with van der Waals surface area (Å²) in [5.41, 5.74) is 9.02. The maximum Gasteiger partial charge on any atom is 0.234 e. The Bertz CT molecular complexity index is 412. The predicted octanol–water partition coefficient (Wildman–Crippen LogP) is 1.79. The normalized spacial score (nSPS) is 21.7. The maximum atomic E-state index is 11.7. The fraction of sp³-hybridized carbons (Fsp3) is 0.417. The monoisotopic (exact) mass is 204 g/mol. The van der Waals surface area contributed by atoms with Crippen LogP contribution in [0.4, 0.5) is 5.69 Å². The van der Waals surface area contributed by atoms with E-state index in [4.69, 9.17) is 5.73 Å². The molecule has 1 aromatic carbocycles. The molecule has 0 aromatic heterocycles. The van der Waals surface area contributed by atoms with Gasteiger partial charge in [-0.05, 0) is 31.0 Å². The van der Waals surface area contributed by atoms with E-state index in [1.807, 2.05) is 39.1 Å². The minimum Gasteiger partial charge on any atom is -0.324 e. The van der Waals surface area contributed by atoms with Gasteiger partial charge < -0.3 is 10.6 Å². The zero-order valence-electron chi connectivity index (χ0n) is 9.32. The Hall–Kier alpha value is -1.35. The van der Waals surface area contributed by atoms with Crippen molar-refractivity contribution in [2.24, 2.45) is 5.73 Å². The van der Waals surface area contributed by atoms with Crippen molar-refractivity contribution < 1.29 is 4.79 Å². The molecule has 2 N–H and O–H groups in total. The van der Waals surface area contributed by atoms with Crippen LogP contribution in [0.5, 0.6) is 0 Å². The molecule has 0 fully saturated rings. The zero-order valence-corrected chi connectivity index (χ0v) is 9.32. The van der Waals surface area contributed by atoms with E-state index in [9.17, 15) is 4.79 Å². The van der Waals surface area contributed by atoms with E-state index in [-0.39, 0.29) is 17.9 Å². The molecular formula is C12H16N2O. The fourth-order valence-corrected chi connectivity index (χ4v) is 2.05. The lowest BCUT2D eigenvalue weighted by Crippen LogP contribution is -2.22. The highest BCUT2D eigenvalue weighted by Crippen LogP contribution is 2.37. The summed E-state index contributed by atoms with van der Waals surface area (Å²) in [5, 5.41) is 0. The van der Waals surface area contributed by atoms with E-state index < -0.39 is 0 Å². The second kappa shape index (κ2) is 3.35. The van der Waals surface area contributed by atoms with Crippen molar-refractivity contribution >= 4 is 11.6 Å². The lowest BCUT2D eigenvalue weighted by molar-refractivity contribution is -0.118. The molecule has 3 nitrogen and oxygen atoms in total. The molecule has 80 valence electrons. The van der Waals surface area contributed by atoms with Crippen molar-refractivity contribution in [3.05, 3.63) is 29.3 Å². The van der Waals surface area contributed by atoms with Crippen molar-refractivity contribution in [3.8, 4) is 0 Å². The number of hydrogen-bond acceptors (Lipinski definition) is 2. The van der Waals surface area contributed by atoms with Crippen LogP contribution >= 0.6 is 0 Å². The van der Waals surface area contributed by atoms with Gasteiger partial charge in [0.05, 0.1) is 5.92 Å². The zero-order chi connectivity index (χ0) is 11.2. The molecule has 1 aromatic rings. The molecule has 1 aliphatic rings. The summed E-state index contributed by atoms with van der Waals surface area (Å²) in [6, 6.07) is 6.04. The van der Waals surface area contributed by atoms with Crippen molar-refractivity contribution in [1.29, 1.82) is 0 Å². The molecule has 2 atom stereocenters. The Morgan fingerprint density at radius 3 is 2.73 bits per heavy atom. The molecule has 0 saturated heterocycles. The predicted molar refractivity (Wildman–Crippen MR) is 60.9 cm³/mol. The fourth-order valence-electron chi connectivity index (χ4n) is 2.05. The molecule has 1 aliphatic heterocycles. The molecule has 0 radical (unpaired) electrons. The number of benzene rings is 1. The molecule has 2 unspecified atom stereocenters. The number of nitrogens with zero attached hydrogens (tertiary/aromatic N) is 1. The standard InChI is InChI=1S/C12H16N2O/c1-7-10-6-9(8(2)13)4-5-11(10)14(3)12(7)15/h4-8H,13H2,1-3H3. The average Bonchev–Trinajstić information content (AvgIpc) is 2.44. The Morgan fingerprint density at radius 1 is 1.47 bits per heavy atom. The highest BCUT2D eigenvalue weighted by molar-refractivity contribution is 6.04. The number of carbonyl (C=O) groups is 1. The molecular weight excluding hydrogens is 188 g/mol. The smallest absolute Gasteiger partial charge is 0.234 e. The lowest BCUT2D eigenvalue weighted by atomic mass is 9.98. The van der Waals surface area contributed by atoms with Gasteiger partial charge in [-0.25, -0.2) is 0 Å². The van der Waals surface area contributed by atoms with E-state index in [2.05, 4.69) is 0 Å². The van der Waals surface area contributed by atoms with Gasteiger partial charge in [0.15, 0.2) is 0 Å². The summed E-state index contributed by atoms with van der Waals surface area (Å²) < 4.78 is 0. The van der Waals surface area contributed by atoms with E-state index in [0.717, 1.165) is 16.8 Å². The number of carbonyl (C=O) groups excluding carboxylic acids is 1. The first-order chi connectivity index (χ1) is 7.02.